The highest BCUT2D eigenvalue weighted by molar-refractivity contribution is 7.07. The van der Waals surface area contributed by atoms with Crippen LogP contribution >= 0.6 is 11.3 Å². The van der Waals surface area contributed by atoms with Gasteiger partial charge in [0.15, 0.2) is 5.82 Å². The van der Waals surface area contributed by atoms with Crippen molar-refractivity contribution in [1.82, 2.24) is 20.1 Å². The van der Waals surface area contributed by atoms with Crippen LogP contribution in [0.2, 0.25) is 0 Å². The summed E-state index contributed by atoms with van der Waals surface area (Å²) in [4.78, 5) is 6.98. The monoisotopic (exact) mass is 292 g/mol. The van der Waals surface area contributed by atoms with E-state index in [2.05, 4.69) is 36.9 Å². The maximum absolute atomic E-state index is 5.38. The van der Waals surface area contributed by atoms with Gasteiger partial charge in [-0.2, -0.15) is 16.4 Å². The number of hydrogen-bond acceptors (Lipinski definition) is 5. The van der Waals surface area contributed by atoms with Gasteiger partial charge in [-0.3, -0.25) is 10.00 Å². The number of rotatable bonds is 5. The van der Waals surface area contributed by atoms with Crippen molar-refractivity contribution >= 4 is 11.3 Å². The number of H-pyrrole nitrogens is 1. The minimum atomic E-state index is 0.360. The fourth-order valence-electron chi connectivity index (χ4n) is 2.93. The van der Waals surface area contributed by atoms with Crippen LogP contribution in [0.15, 0.2) is 16.8 Å². The van der Waals surface area contributed by atoms with E-state index in [9.17, 15) is 0 Å². The van der Waals surface area contributed by atoms with E-state index in [4.69, 9.17) is 4.74 Å². The van der Waals surface area contributed by atoms with Crippen LogP contribution in [-0.2, 0) is 11.3 Å². The molecule has 2 aromatic rings. The first-order chi connectivity index (χ1) is 9.76. The van der Waals surface area contributed by atoms with Crippen molar-refractivity contribution in [3.05, 3.63) is 34.0 Å². The molecule has 3 heterocycles. The Morgan fingerprint density at radius 1 is 1.50 bits per heavy atom. The largest absolute Gasteiger partial charge is 0.384 e. The van der Waals surface area contributed by atoms with Crippen molar-refractivity contribution < 1.29 is 4.74 Å². The zero-order valence-electron chi connectivity index (χ0n) is 11.9. The molecule has 1 saturated heterocycles. The third-order valence-corrected chi connectivity index (χ3v) is 4.56. The minimum Gasteiger partial charge on any atom is -0.384 e. The van der Waals surface area contributed by atoms with Crippen LogP contribution in [0, 0.1) is 12.8 Å². The molecule has 5 nitrogen and oxygen atoms in total. The number of methoxy groups -OCH3 is 1. The molecule has 0 spiro atoms. The lowest BCUT2D eigenvalue weighted by molar-refractivity contribution is 0.146. The molecule has 0 unspecified atom stereocenters. The van der Waals surface area contributed by atoms with E-state index in [1.165, 1.54) is 5.56 Å². The maximum Gasteiger partial charge on any atom is 0.155 e. The number of hydrogen-bond donors (Lipinski definition) is 1. The molecular formula is C14H20N4OS. The van der Waals surface area contributed by atoms with E-state index < -0.39 is 0 Å². The summed E-state index contributed by atoms with van der Waals surface area (Å²) in [6.45, 7) is 5.75. The lowest BCUT2D eigenvalue weighted by Crippen LogP contribution is -2.20. The molecule has 1 aliphatic heterocycles. The quantitative estimate of drug-likeness (QED) is 0.916. The smallest absolute Gasteiger partial charge is 0.155 e. The van der Waals surface area contributed by atoms with Crippen molar-refractivity contribution in [1.29, 1.82) is 0 Å². The molecule has 1 aliphatic rings. The highest BCUT2D eigenvalue weighted by Gasteiger charge is 2.36. The molecule has 108 valence electrons. The van der Waals surface area contributed by atoms with Crippen molar-refractivity contribution in [2.75, 3.05) is 26.8 Å². The molecule has 20 heavy (non-hydrogen) atoms. The Balaban J connectivity index is 1.71. The molecule has 3 rings (SSSR count). The van der Waals surface area contributed by atoms with Gasteiger partial charge in [0.1, 0.15) is 5.82 Å². The van der Waals surface area contributed by atoms with Crippen LogP contribution in [0.5, 0.6) is 0 Å². The van der Waals surface area contributed by atoms with Gasteiger partial charge in [-0.15, -0.1) is 0 Å². The summed E-state index contributed by atoms with van der Waals surface area (Å²) in [6, 6.07) is 2.19. The highest BCUT2D eigenvalue weighted by atomic mass is 32.1. The van der Waals surface area contributed by atoms with Gasteiger partial charge in [0.25, 0.3) is 0 Å². The molecular weight excluding hydrogens is 272 g/mol. The topological polar surface area (TPSA) is 54.0 Å². The number of likely N-dealkylation sites (tertiary alicyclic amines) is 1. The van der Waals surface area contributed by atoms with Crippen molar-refractivity contribution in [2.45, 2.75) is 19.4 Å². The van der Waals surface area contributed by atoms with Gasteiger partial charge in [0.05, 0.1) is 6.61 Å². The van der Waals surface area contributed by atoms with E-state index in [0.29, 0.717) is 11.8 Å². The SMILES string of the molecule is COC[C@@H]1CN(Cc2ccsc2)C[C@H]1c1n[nH]c(C)n1. The number of aromatic nitrogens is 3. The van der Waals surface area contributed by atoms with E-state index in [1.807, 2.05) is 6.92 Å². The van der Waals surface area contributed by atoms with Gasteiger partial charge in [-0.05, 0) is 29.3 Å². The number of ether oxygens (including phenoxy) is 1. The zero-order chi connectivity index (χ0) is 13.9. The normalized spacial score (nSPS) is 23.5. The first-order valence-electron chi connectivity index (χ1n) is 6.87. The second-order valence-corrected chi connectivity index (χ2v) is 6.21. The summed E-state index contributed by atoms with van der Waals surface area (Å²) in [5.74, 6) is 2.64. The summed E-state index contributed by atoms with van der Waals surface area (Å²) in [6.07, 6.45) is 0. The standard InChI is InChI=1S/C14H20N4OS/c1-10-15-14(17-16-10)13-7-18(6-12(13)8-19-2)5-11-3-4-20-9-11/h3-4,9,12-13H,5-8H2,1-2H3,(H,15,16,17)/t12-,13+/m0/s1. The first kappa shape index (κ1) is 13.7. The number of nitrogens with one attached hydrogen (secondary N) is 1. The van der Waals surface area contributed by atoms with Crippen LogP contribution in [0.4, 0.5) is 0 Å². The molecule has 0 amide bonds. The van der Waals surface area contributed by atoms with E-state index in [-0.39, 0.29) is 0 Å². The molecule has 0 saturated carbocycles. The molecule has 2 atom stereocenters. The van der Waals surface area contributed by atoms with Gasteiger partial charge in [-0.25, -0.2) is 4.98 Å². The fourth-order valence-corrected chi connectivity index (χ4v) is 3.59. The predicted octanol–water partition coefficient (Wildman–Crippen LogP) is 2.04. The molecule has 0 aromatic carbocycles. The summed E-state index contributed by atoms with van der Waals surface area (Å²) in [5, 5.41) is 11.6. The molecule has 2 aromatic heterocycles. The Bertz CT molecular complexity index is 539. The first-order valence-corrected chi connectivity index (χ1v) is 7.82. The van der Waals surface area contributed by atoms with Gasteiger partial charge in [0, 0.05) is 38.6 Å². The lowest BCUT2D eigenvalue weighted by Gasteiger charge is -2.14. The van der Waals surface area contributed by atoms with Crippen molar-refractivity contribution in [2.24, 2.45) is 5.92 Å². The van der Waals surface area contributed by atoms with Crippen LogP contribution in [-0.4, -0.2) is 46.9 Å². The molecule has 0 radical (unpaired) electrons. The summed E-state index contributed by atoms with van der Waals surface area (Å²) >= 11 is 1.75. The Hall–Kier alpha value is -1.24. The van der Waals surface area contributed by atoms with Crippen molar-refractivity contribution in [3.8, 4) is 0 Å². The van der Waals surface area contributed by atoms with E-state index in [1.54, 1.807) is 18.4 Å². The van der Waals surface area contributed by atoms with Crippen molar-refractivity contribution in [3.63, 3.8) is 0 Å². The Morgan fingerprint density at radius 3 is 3.05 bits per heavy atom. The second kappa shape index (κ2) is 6.03. The molecule has 1 fully saturated rings. The number of aromatic amines is 1. The fraction of sp³-hybridized carbons (Fsp3) is 0.571. The van der Waals surface area contributed by atoms with E-state index in [0.717, 1.165) is 37.9 Å². The Morgan fingerprint density at radius 2 is 2.40 bits per heavy atom. The minimum absolute atomic E-state index is 0.360. The average molecular weight is 292 g/mol. The van der Waals surface area contributed by atoms with Crippen LogP contribution in [0.1, 0.15) is 23.1 Å². The second-order valence-electron chi connectivity index (χ2n) is 5.43. The zero-order valence-corrected chi connectivity index (χ0v) is 12.7. The predicted molar refractivity (Wildman–Crippen MR) is 78.8 cm³/mol. The number of aryl methyl sites for hydroxylation is 1. The van der Waals surface area contributed by atoms with Gasteiger partial charge in [0.2, 0.25) is 0 Å². The molecule has 0 bridgehead atoms. The van der Waals surface area contributed by atoms with Gasteiger partial charge in [-0.1, -0.05) is 0 Å². The summed E-state index contributed by atoms with van der Waals surface area (Å²) in [7, 11) is 1.77. The summed E-state index contributed by atoms with van der Waals surface area (Å²) in [5.41, 5.74) is 1.39. The summed E-state index contributed by atoms with van der Waals surface area (Å²) < 4.78 is 5.38. The number of thiophene rings is 1. The van der Waals surface area contributed by atoms with Gasteiger partial charge >= 0.3 is 0 Å². The van der Waals surface area contributed by atoms with Crippen LogP contribution < -0.4 is 0 Å². The Labute approximate surface area is 123 Å². The molecule has 1 N–H and O–H groups in total. The van der Waals surface area contributed by atoms with E-state index >= 15 is 0 Å². The highest BCUT2D eigenvalue weighted by Crippen LogP contribution is 2.32. The average Bonchev–Trinajstić information content (AvgIpc) is 3.12. The third-order valence-electron chi connectivity index (χ3n) is 3.83. The van der Waals surface area contributed by atoms with Gasteiger partial charge < -0.3 is 4.74 Å². The lowest BCUT2D eigenvalue weighted by atomic mass is 9.96. The third kappa shape index (κ3) is 2.92. The Kier molecular flexibility index (Phi) is 4.14. The maximum atomic E-state index is 5.38. The van der Waals surface area contributed by atoms with Crippen LogP contribution in [0.3, 0.4) is 0 Å². The number of nitrogens with zero attached hydrogens (tertiary/aromatic N) is 3. The molecule has 6 heteroatoms. The van der Waals surface area contributed by atoms with Crippen LogP contribution in [0.25, 0.3) is 0 Å². The molecule has 0 aliphatic carbocycles.